The largest absolute Gasteiger partial charge is 0.342 e. The van der Waals surface area contributed by atoms with Gasteiger partial charge in [-0.1, -0.05) is 0 Å². The summed E-state index contributed by atoms with van der Waals surface area (Å²) < 4.78 is 0. The van der Waals surface area contributed by atoms with Gasteiger partial charge in [0.05, 0.1) is 5.25 Å². The topological polar surface area (TPSA) is 49.4 Å². The summed E-state index contributed by atoms with van der Waals surface area (Å²) in [6.07, 6.45) is 3.47. The first-order chi connectivity index (χ1) is 10.1. The summed E-state index contributed by atoms with van der Waals surface area (Å²) in [5, 5.41) is 2.66. The van der Waals surface area contributed by atoms with E-state index in [-0.39, 0.29) is 17.1 Å². The van der Waals surface area contributed by atoms with E-state index in [2.05, 4.69) is 5.32 Å². The van der Waals surface area contributed by atoms with Crippen LogP contribution in [0.3, 0.4) is 0 Å². The highest BCUT2D eigenvalue weighted by Crippen LogP contribution is 2.26. The number of carbonyl (C=O) groups is 2. The minimum Gasteiger partial charge on any atom is -0.342 e. The van der Waals surface area contributed by atoms with Crippen LogP contribution in [0, 0.1) is 0 Å². The van der Waals surface area contributed by atoms with Gasteiger partial charge < -0.3 is 10.2 Å². The molecule has 2 rings (SSSR count). The second-order valence-electron chi connectivity index (χ2n) is 5.35. The molecule has 0 aliphatic carbocycles. The number of nitrogens with zero attached hydrogens (tertiary/aromatic N) is 1. The van der Waals surface area contributed by atoms with Crippen LogP contribution in [0.2, 0.25) is 0 Å². The smallest absolute Gasteiger partial charge is 0.235 e. The molecule has 1 heterocycles. The van der Waals surface area contributed by atoms with Gasteiger partial charge in [-0.3, -0.25) is 9.59 Å². The molecule has 5 heteroatoms. The maximum atomic E-state index is 12.4. The van der Waals surface area contributed by atoms with Gasteiger partial charge in [-0.05, 0) is 50.5 Å². The second kappa shape index (κ2) is 7.50. The SMILES string of the molecule is CC(=O)Nc1ccc(SC(C)C(=O)N2CCCCC2)cc1. The van der Waals surface area contributed by atoms with Crippen molar-refractivity contribution in [3.8, 4) is 0 Å². The Morgan fingerprint density at radius 2 is 1.76 bits per heavy atom. The van der Waals surface area contributed by atoms with Crippen molar-refractivity contribution in [2.45, 2.75) is 43.3 Å². The molecule has 1 fully saturated rings. The number of likely N-dealkylation sites (tertiary alicyclic amines) is 1. The van der Waals surface area contributed by atoms with Crippen LogP contribution in [0.4, 0.5) is 5.69 Å². The number of benzene rings is 1. The van der Waals surface area contributed by atoms with Crippen LogP contribution in [-0.4, -0.2) is 35.1 Å². The molecule has 114 valence electrons. The van der Waals surface area contributed by atoms with Crippen LogP contribution in [0.25, 0.3) is 0 Å². The maximum absolute atomic E-state index is 12.4. The number of nitrogens with one attached hydrogen (secondary N) is 1. The van der Waals surface area contributed by atoms with E-state index in [1.807, 2.05) is 36.1 Å². The van der Waals surface area contributed by atoms with Crippen LogP contribution in [0.15, 0.2) is 29.2 Å². The van der Waals surface area contributed by atoms with Crippen LogP contribution in [0.1, 0.15) is 33.1 Å². The van der Waals surface area contributed by atoms with Gasteiger partial charge in [-0.25, -0.2) is 0 Å². The minimum absolute atomic E-state index is 0.0743. The van der Waals surface area contributed by atoms with Crippen molar-refractivity contribution in [1.82, 2.24) is 4.90 Å². The van der Waals surface area contributed by atoms with E-state index in [1.165, 1.54) is 13.3 Å². The molecule has 0 aromatic heterocycles. The van der Waals surface area contributed by atoms with Crippen LogP contribution in [0.5, 0.6) is 0 Å². The number of rotatable bonds is 4. The Kier molecular flexibility index (Phi) is 5.67. The van der Waals surface area contributed by atoms with Gasteiger partial charge in [0.1, 0.15) is 0 Å². The maximum Gasteiger partial charge on any atom is 0.235 e. The van der Waals surface area contributed by atoms with Gasteiger partial charge in [-0.15, -0.1) is 11.8 Å². The molecule has 4 nitrogen and oxygen atoms in total. The lowest BCUT2D eigenvalue weighted by Crippen LogP contribution is -2.40. The highest BCUT2D eigenvalue weighted by atomic mass is 32.2. The first-order valence-corrected chi connectivity index (χ1v) is 8.27. The molecular weight excluding hydrogens is 284 g/mol. The molecule has 21 heavy (non-hydrogen) atoms. The summed E-state index contributed by atoms with van der Waals surface area (Å²) in [4.78, 5) is 26.4. The summed E-state index contributed by atoms with van der Waals surface area (Å²) in [7, 11) is 0. The predicted octanol–water partition coefficient (Wildman–Crippen LogP) is 3.14. The van der Waals surface area contributed by atoms with Gasteiger partial charge in [0.25, 0.3) is 0 Å². The predicted molar refractivity (Wildman–Crippen MR) is 86.5 cm³/mol. The van der Waals surface area contributed by atoms with Gasteiger partial charge >= 0.3 is 0 Å². The van der Waals surface area contributed by atoms with E-state index in [4.69, 9.17) is 0 Å². The fourth-order valence-corrected chi connectivity index (χ4v) is 3.40. The second-order valence-corrected chi connectivity index (χ2v) is 6.77. The number of hydrogen-bond donors (Lipinski definition) is 1. The molecule has 1 unspecified atom stereocenters. The number of carbonyl (C=O) groups excluding carboxylic acids is 2. The van der Waals surface area contributed by atoms with E-state index in [9.17, 15) is 9.59 Å². The quantitative estimate of drug-likeness (QED) is 0.869. The van der Waals surface area contributed by atoms with Crippen LogP contribution < -0.4 is 5.32 Å². The van der Waals surface area contributed by atoms with Gasteiger partial charge in [0.15, 0.2) is 0 Å². The third-order valence-corrected chi connectivity index (χ3v) is 4.60. The van der Waals surface area contributed by atoms with E-state index >= 15 is 0 Å². The van der Waals surface area contributed by atoms with Crippen LogP contribution in [-0.2, 0) is 9.59 Å². The van der Waals surface area contributed by atoms with Crippen molar-refractivity contribution in [1.29, 1.82) is 0 Å². The molecule has 1 aliphatic rings. The Labute approximate surface area is 130 Å². The average Bonchev–Trinajstić information content (AvgIpc) is 2.49. The Balaban J connectivity index is 1.90. The number of amides is 2. The summed E-state index contributed by atoms with van der Waals surface area (Å²) in [5.41, 5.74) is 0.780. The van der Waals surface area contributed by atoms with Gasteiger partial charge in [0.2, 0.25) is 11.8 Å². The molecule has 0 bridgehead atoms. The third-order valence-electron chi connectivity index (χ3n) is 3.50. The van der Waals surface area contributed by atoms with Crippen molar-refractivity contribution >= 4 is 29.3 Å². The first-order valence-electron chi connectivity index (χ1n) is 7.39. The summed E-state index contributed by atoms with van der Waals surface area (Å²) in [5.74, 6) is 0.148. The van der Waals surface area contributed by atoms with Gasteiger partial charge in [-0.2, -0.15) is 0 Å². The molecule has 1 N–H and O–H groups in total. The van der Waals surface area contributed by atoms with Gasteiger partial charge in [0, 0.05) is 30.6 Å². The molecule has 0 radical (unpaired) electrons. The Morgan fingerprint density at radius 3 is 2.33 bits per heavy atom. The molecule has 1 aliphatic heterocycles. The first kappa shape index (κ1) is 15.9. The molecule has 0 saturated carbocycles. The monoisotopic (exact) mass is 306 g/mol. The lowest BCUT2D eigenvalue weighted by Gasteiger charge is -2.29. The fraction of sp³-hybridized carbons (Fsp3) is 0.500. The molecule has 1 atom stereocenters. The zero-order chi connectivity index (χ0) is 15.2. The number of hydrogen-bond acceptors (Lipinski definition) is 3. The lowest BCUT2D eigenvalue weighted by atomic mass is 10.1. The number of thioether (sulfide) groups is 1. The van der Waals surface area contributed by atoms with E-state index < -0.39 is 0 Å². The molecule has 2 amide bonds. The highest BCUT2D eigenvalue weighted by Gasteiger charge is 2.22. The lowest BCUT2D eigenvalue weighted by molar-refractivity contribution is -0.131. The van der Waals surface area contributed by atoms with Crippen molar-refractivity contribution < 1.29 is 9.59 Å². The number of anilines is 1. The zero-order valence-electron chi connectivity index (χ0n) is 12.6. The van der Waals surface area contributed by atoms with Crippen molar-refractivity contribution in [3.63, 3.8) is 0 Å². The fourth-order valence-electron chi connectivity index (χ4n) is 2.45. The zero-order valence-corrected chi connectivity index (χ0v) is 13.4. The van der Waals surface area contributed by atoms with Crippen molar-refractivity contribution in [2.75, 3.05) is 18.4 Å². The third kappa shape index (κ3) is 4.77. The Bertz CT molecular complexity index is 496. The molecule has 1 aromatic rings. The van der Waals surface area contributed by atoms with Crippen LogP contribution >= 0.6 is 11.8 Å². The minimum atomic E-state index is -0.0796. The molecular formula is C16H22N2O2S. The standard InChI is InChI=1S/C16H22N2O2S/c1-12(16(20)18-10-4-3-5-11-18)21-15-8-6-14(7-9-15)17-13(2)19/h6-9,12H,3-5,10-11H2,1-2H3,(H,17,19). The Morgan fingerprint density at radius 1 is 1.14 bits per heavy atom. The summed E-state index contributed by atoms with van der Waals surface area (Å²) >= 11 is 1.57. The Hall–Kier alpha value is -1.49. The highest BCUT2D eigenvalue weighted by molar-refractivity contribution is 8.00. The summed E-state index contributed by atoms with van der Waals surface area (Å²) in [6, 6.07) is 7.61. The summed E-state index contributed by atoms with van der Waals surface area (Å²) in [6.45, 7) is 5.24. The number of piperidine rings is 1. The molecule has 1 saturated heterocycles. The van der Waals surface area contributed by atoms with Crippen molar-refractivity contribution in [2.24, 2.45) is 0 Å². The van der Waals surface area contributed by atoms with E-state index in [0.29, 0.717) is 0 Å². The molecule has 1 aromatic carbocycles. The average molecular weight is 306 g/mol. The normalized spacial score (nSPS) is 16.4. The molecule has 0 spiro atoms. The van der Waals surface area contributed by atoms with E-state index in [0.717, 1.165) is 36.5 Å². The van der Waals surface area contributed by atoms with Crippen molar-refractivity contribution in [3.05, 3.63) is 24.3 Å². The van der Waals surface area contributed by atoms with E-state index in [1.54, 1.807) is 11.8 Å².